The first-order valence-corrected chi connectivity index (χ1v) is 12.2. The molecule has 37 heavy (non-hydrogen) atoms. The normalized spacial score (nSPS) is 12.7. The number of phenols is 1. The van der Waals surface area contributed by atoms with Gasteiger partial charge in [0.1, 0.15) is 11.8 Å². The highest BCUT2D eigenvalue weighted by Gasteiger charge is 2.39. The standard InChI is InChI=1S/C29H39N3O5/c1-19-15-22(33)16-20(2)23(19)17-24(32(27(36)37)28(3,4)5)26(35)31-29(6,7)18-30-25(34)14-13-21-11-9-8-10-12-21/h8-16,24,33H,17-18H2,1-7H3,(H,30,34)(H,31,35)(H,36,37). The summed E-state index contributed by atoms with van der Waals surface area (Å²) in [6.45, 7) is 12.5. The molecule has 0 aliphatic carbocycles. The molecule has 8 heteroatoms. The van der Waals surface area contributed by atoms with Crippen LogP contribution in [-0.4, -0.2) is 56.7 Å². The molecule has 0 bridgehead atoms. The number of aryl methyl sites for hydroxylation is 2. The van der Waals surface area contributed by atoms with Gasteiger partial charge in [-0.1, -0.05) is 30.3 Å². The summed E-state index contributed by atoms with van der Waals surface area (Å²) in [5.74, 6) is -0.660. The van der Waals surface area contributed by atoms with E-state index in [-0.39, 0.29) is 24.6 Å². The second kappa shape index (κ2) is 12.0. The van der Waals surface area contributed by atoms with Crippen LogP contribution in [-0.2, 0) is 16.0 Å². The van der Waals surface area contributed by atoms with Gasteiger partial charge in [-0.2, -0.15) is 0 Å². The van der Waals surface area contributed by atoms with Crippen LogP contribution in [0, 0.1) is 13.8 Å². The van der Waals surface area contributed by atoms with Gasteiger partial charge in [-0.25, -0.2) is 4.79 Å². The first-order valence-electron chi connectivity index (χ1n) is 12.2. The highest BCUT2D eigenvalue weighted by molar-refractivity contribution is 5.92. The highest BCUT2D eigenvalue weighted by atomic mass is 16.4. The summed E-state index contributed by atoms with van der Waals surface area (Å²) in [6.07, 6.45) is 2.06. The van der Waals surface area contributed by atoms with E-state index >= 15 is 0 Å². The number of nitrogens with zero attached hydrogens (tertiary/aromatic N) is 1. The smallest absolute Gasteiger partial charge is 0.408 e. The van der Waals surface area contributed by atoms with E-state index in [9.17, 15) is 24.6 Å². The van der Waals surface area contributed by atoms with Crippen molar-refractivity contribution in [3.05, 3.63) is 70.8 Å². The van der Waals surface area contributed by atoms with Gasteiger partial charge >= 0.3 is 6.09 Å². The summed E-state index contributed by atoms with van der Waals surface area (Å²) < 4.78 is 0. The van der Waals surface area contributed by atoms with Crippen molar-refractivity contribution >= 4 is 24.0 Å². The number of carboxylic acid groups (broad SMARTS) is 1. The van der Waals surface area contributed by atoms with E-state index in [0.29, 0.717) is 0 Å². The van der Waals surface area contributed by atoms with E-state index in [4.69, 9.17) is 0 Å². The third-order valence-corrected chi connectivity index (χ3v) is 6.01. The molecule has 3 amide bonds. The second-order valence-corrected chi connectivity index (χ2v) is 10.9. The van der Waals surface area contributed by atoms with E-state index in [1.54, 1.807) is 52.8 Å². The molecule has 0 aliphatic rings. The lowest BCUT2D eigenvalue weighted by Crippen LogP contribution is -2.61. The number of hydrogen-bond donors (Lipinski definition) is 4. The molecule has 4 N–H and O–H groups in total. The molecular weight excluding hydrogens is 470 g/mol. The van der Waals surface area contributed by atoms with Gasteiger partial charge in [-0.05, 0) is 88.9 Å². The maximum Gasteiger partial charge on any atom is 0.408 e. The Morgan fingerprint density at radius 1 is 1.00 bits per heavy atom. The van der Waals surface area contributed by atoms with Crippen molar-refractivity contribution in [3.63, 3.8) is 0 Å². The van der Waals surface area contributed by atoms with Crippen molar-refractivity contribution in [1.29, 1.82) is 0 Å². The summed E-state index contributed by atoms with van der Waals surface area (Å²) in [4.78, 5) is 39.4. The average Bonchev–Trinajstić information content (AvgIpc) is 2.77. The minimum Gasteiger partial charge on any atom is -0.508 e. The fourth-order valence-corrected chi connectivity index (χ4v) is 4.24. The van der Waals surface area contributed by atoms with E-state index in [2.05, 4.69) is 10.6 Å². The zero-order valence-corrected chi connectivity index (χ0v) is 22.8. The summed E-state index contributed by atoms with van der Waals surface area (Å²) in [7, 11) is 0. The quantitative estimate of drug-likeness (QED) is 0.373. The van der Waals surface area contributed by atoms with Gasteiger partial charge in [0.15, 0.2) is 0 Å². The largest absolute Gasteiger partial charge is 0.508 e. The molecule has 0 saturated heterocycles. The number of phenolic OH excluding ortho intramolecular Hbond substituents is 1. The Labute approximate surface area is 219 Å². The predicted molar refractivity (Wildman–Crippen MR) is 145 cm³/mol. The summed E-state index contributed by atoms with van der Waals surface area (Å²) in [5, 5.41) is 25.7. The Balaban J connectivity index is 2.23. The number of hydrogen-bond acceptors (Lipinski definition) is 4. The predicted octanol–water partition coefficient (Wildman–Crippen LogP) is 4.42. The summed E-state index contributed by atoms with van der Waals surface area (Å²) in [5.41, 5.74) is 1.52. The molecule has 2 aromatic carbocycles. The Hall–Kier alpha value is -3.81. The van der Waals surface area contributed by atoms with Crippen LogP contribution in [0.3, 0.4) is 0 Å². The van der Waals surface area contributed by atoms with Crippen molar-refractivity contribution in [2.45, 2.75) is 72.0 Å². The SMILES string of the molecule is Cc1cc(O)cc(C)c1CC(C(=O)NC(C)(C)CNC(=O)C=Cc1ccccc1)N(C(=O)O)C(C)(C)C. The van der Waals surface area contributed by atoms with Crippen molar-refractivity contribution < 1.29 is 24.6 Å². The Morgan fingerprint density at radius 2 is 1.57 bits per heavy atom. The molecule has 200 valence electrons. The van der Waals surface area contributed by atoms with Crippen LogP contribution in [0.15, 0.2) is 48.5 Å². The average molecular weight is 510 g/mol. The number of benzene rings is 2. The molecule has 0 spiro atoms. The second-order valence-electron chi connectivity index (χ2n) is 10.9. The number of rotatable bonds is 9. The van der Waals surface area contributed by atoms with Crippen LogP contribution in [0.1, 0.15) is 56.9 Å². The molecule has 2 rings (SSSR count). The van der Waals surface area contributed by atoms with Gasteiger partial charge in [0.25, 0.3) is 0 Å². The number of carbonyl (C=O) groups is 3. The molecule has 1 atom stereocenters. The van der Waals surface area contributed by atoms with Crippen LogP contribution in [0.4, 0.5) is 4.79 Å². The van der Waals surface area contributed by atoms with Crippen LogP contribution in [0.5, 0.6) is 5.75 Å². The molecular formula is C29H39N3O5. The maximum absolute atomic E-state index is 13.6. The number of nitrogens with one attached hydrogen (secondary N) is 2. The molecule has 0 fully saturated rings. The zero-order valence-electron chi connectivity index (χ0n) is 22.8. The number of amides is 3. The van der Waals surface area contributed by atoms with E-state index < -0.39 is 29.1 Å². The Bertz CT molecular complexity index is 1130. The van der Waals surface area contributed by atoms with Gasteiger partial charge in [0, 0.05) is 24.6 Å². The number of carbonyl (C=O) groups excluding carboxylic acids is 2. The van der Waals surface area contributed by atoms with Gasteiger partial charge in [0.05, 0.1) is 5.54 Å². The molecule has 0 aromatic heterocycles. The highest BCUT2D eigenvalue weighted by Crippen LogP contribution is 2.26. The third kappa shape index (κ3) is 8.66. The van der Waals surface area contributed by atoms with Gasteiger partial charge in [0.2, 0.25) is 11.8 Å². The summed E-state index contributed by atoms with van der Waals surface area (Å²) >= 11 is 0. The van der Waals surface area contributed by atoms with Gasteiger partial charge in [-0.15, -0.1) is 0 Å². The van der Waals surface area contributed by atoms with Crippen LogP contribution >= 0.6 is 0 Å². The van der Waals surface area contributed by atoms with Crippen molar-refractivity contribution in [2.75, 3.05) is 6.54 Å². The Kier molecular flexibility index (Phi) is 9.50. The minimum absolute atomic E-state index is 0.115. The van der Waals surface area contributed by atoms with Crippen LogP contribution in [0.2, 0.25) is 0 Å². The third-order valence-electron chi connectivity index (χ3n) is 6.01. The molecule has 8 nitrogen and oxygen atoms in total. The molecule has 0 heterocycles. The first kappa shape index (κ1) is 29.4. The monoisotopic (exact) mass is 509 g/mol. The van der Waals surface area contributed by atoms with Crippen molar-refractivity contribution in [2.24, 2.45) is 0 Å². The first-order chi connectivity index (χ1) is 17.1. The van der Waals surface area contributed by atoms with Crippen LogP contribution < -0.4 is 10.6 Å². The Morgan fingerprint density at radius 3 is 2.08 bits per heavy atom. The maximum atomic E-state index is 13.6. The van der Waals surface area contributed by atoms with Crippen molar-refractivity contribution in [1.82, 2.24) is 15.5 Å². The summed E-state index contributed by atoms with van der Waals surface area (Å²) in [6, 6.07) is 11.6. The fourth-order valence-electron chi connectivity index (χ4n) is 4.24. The molecule has 2 aromatic rings. The van der Waals surface area contributed by atoms with E-state index in [1.807, 2.05) is 44.2 Å². The van der Waals surface area contributed by atoms with Crippen LogP contribution in [0.25, 0.3) is 6.08 Å². The lowest BCUT2D eigenvalue weighted by atomic mass is 9.92. The van der Waals surface area contributed by atoms with E-state index in [0.717, 1.165) is 27.2 Å². The topological polar surface area (TPSA) is 119 Å². The fraction of sp³-hybridized carbons (Fsp3) is 0.414. The minimum atomic E-state index is -1.21. The van der Waals surface area contributed by atoms with Gasteiger partial charge < -0.3 is 20.8 Å². The lowest BCUT2D eigenvalue weighted by Gasteiger charge is -2.40. The molecule has 0 aliphatic heterocycles. The zero-order chi connectivity index (χ0) is 28.0. The molecule has 0 saturated carbocycles. The molecule has 1 unspecified atom stereocenters. The number of aromatic hydroxyl groups is 1. The van der Waals surface area contributed by atoms with Gasteiger partial charge in [-0.3, -0.25) is 14.5 Å². The van der Waals surface area contributed by atoms with Crippen molar-refractivity contribution in [3.8, 4) is 5.75 Å². The lowest BCUT2D eigenvalue weighted by molar-refractivity contribution is -0.129. The van der Waals surface area contributed by atoms with E-state index in [1.165, 1.54) is 6.08 Å². The molecule has 0 radical (unpaired) electrons.